The first-order valence-electron chi connectivity index (χ1n) is 5.02. The summed E-state index contributed by atoms with van der Waals surface area (Å²) in [7, 11) is 0. The summed E-state index contributed by atoms with van der Waals surface area (Å²) in [5, 5.41) is 46.6. The number of aliphatic hydroxyl groups excluding tert-OH is 1. The van der Waals surface area contributed by atoms with Crippen LogP contribution >= 0.6 is 0 Å². The molecule has 0 aromatic heterocycles. The van der Waals surface area contributed by atoms with Crippen LogP contribution in [-0.4, -0.2) is 49.4 Å². The van der Waals surface area contributed by atoms with Crippen molar-refractivity contribution in [3.8, 4) is 0 Å². The molecule has 0 aromatic rings. The number of carbonyl (C=O) groups is 1. The highest BCUT2D eigenvalue weighted by Gasteiger charge is 2.56. The number of hydrogen-bond donors (Lipinski definition) is 5. The van der Waals surface area contributed by atoms with Gasteiger partial charge in [-0.25, -0.2) is 4.79 Å². The third-order valence-corrected chi connectivity index (χ3v) is 2.09. The van der Waals surface area contributed by atoms with Gasteiger partial charge in [-0.15, -0.1) is 0 Å². The molecule has 0 saturated carbocycles. The molecular weight excluding hydrogens is 232 g/mol. The molecule has 1 atom stereocenters. The zero-order chi connectivity index (χ0) is 13.9. The van der Waals surface area contributed by atoms with Gasteiger partial charge in [0.2, 0.25) is 0 Å². The van der Waals surface area contributed by atoms with Gasteiger partial charge in [0.05, 0.1) is 0 Å². The Hall–Kier alpha value is -0.990. The van der Waals surface area contributed by atoms with Crippen molar-refractivity contribution in [1.29, 1.82) is 0 Å². The lowest BCUT2D eigenvalue weighted by atomic mass is 10.0. The van der Waals surface area contributed by atoms with E-state index in [1.807, 2.05) is 0 Å². The first-order chi connectivity index (χ1) is 7.56. The van der Waals surface area contributed by atoms with Crippen LogP contribution in [0.2, 0.25) is 0 Å². The second-order valence-corrected chi connectivity index (χ2v) is 3.81. The first kappa shape index (κ1) is 16.0. The Bertz CT molecular complexity index is 295. The van der Waals surface area contributed by atoms with Gasteiger partial charge in [0.25, 0.3) is 5.79 Å². The van der Waals surface area contributed by atoms with Crippen molar-refractivity contribution in [3.05, 3.63) is 12.2 Å². The smallest absolute Gasteiger partial charge is 0.384 e. The van der Waals surface area contributed by atoms with Crippen molar-refractivity contribution < 1.29 is 35.1 Å². The summed E-state index contributed by atoms with van der Waals surface area (Å²) in [5.74, 6) is -8.25. The highest BCUT2D eigenvalue weighted by molar-refractivity contribution is 5.87. The molecule has 1 unspecified atom stereocenters. The summed E-state index contributed by atoms with van der Waals surface area (Å²) in [6.07, 6.45) is -1.66. The fourth-order valence-corrected chi connectivity index (χ4v) is 0.983. The summed E-state index contributed by atoms with van der Waals surface area (Å²) < 4.78 is 4.04. The lowest BCUT2D eigenvalue weighted by molar-refractivity contribution is -0.461. The van der Waals surface area contributed by atoms with Crippen LogP contribution in [0.25, 0.3) is 0 Å². The minimum Gasteiger partial charge on any atom is -0.400 e. The topological polar surface area (TPSA) is 127 Å². The molecule has 0 radical (unpaired) electrons. The highest BCUT2D eigenvalue weighted by Crippen LogP contribution is 2.25. The second-order valence-electron chi connectivity index (χ2n) is 3.81. The fraction of sp³-hybridized carbons (Fsp3) is 0.700. The van der Waals surface area contributed by atoms with E-state index in [1.165, 1.54) is 6.92 Å². The largest absolute Gasteiger partial charge is 0.400 e. The van der Waals surface area contributed by atoms with E-state index in [2.05, 4.69) is 11.3 Å². The molecule has 0 bridgehead atoms. The summed E-state index contributed by atoms with van der Waals surface area (Å²) in [4.78, 5) is 11.0. The third-order valence-electron chi connectivity index (χ3n) is 2.09. The van der Waals surface area contributed by atoms with E-state index in [4.69, 9.17) is 0 Å². The predicted octanol–water partition coefficient (Wildman–Crippen LogP) is -1.41. The molecule has 0 heterocycles. The molecule has 0 aliphatic heterocycles. The molecule has 0 aromatic carbocycles. The molecule has 0 rings (SSSR count). The van der Waals surface area contributed by atoms with Gasteiger partial charge in [-0.1, -0.05) is 19.9 Å². The highest BCUT2D eigenvalue weighted by atomic mass is 16.8. The molecule has 7 heteroatoms. The van der Waals surface area contributed by atoms with E-state index in [9.17, 15) is 30.3 Å². The van der Waals surface area contributed by atoms with E-state index in [-0.39, 0.29) is 12.0 Å². The Morgan fingerprint density at radius 2 is 1.82 bits per heavy atom. The first-order valence-corrected chi connectivity index (χ1v) is 5.02. The molecule has 0 fully saturated rings. The quantitative estimate of drug-likeness (QED) is 0.222. The molecule has 0 amide bonds. The van der Waals surface area contributed by atoms with Crippen molar-refractivity contribution in [2.75, 3.05) is 0 Å². The lowest BCUT2D eigenvalue weighted by Crippen LogP contribution is -2.63. The molecule has 100 valence electrons. The number of esters is 1. The van der Waals surface area contributed by atoms with Gasteiger partial charge in [0.15, 0.2) is 0 Å². The van der Waals surface area contributed by atoms with Gasteiger partial charge in [-0.2, -0.15) is 0 Å². The number of rotatable bonds is 6. The van der Waals surface area contributed by atoms with Crippen LogP contribution in [0.1, 0.15) is 26.7 Å². The molecule has 17 heavy (non-hydrogen) atoms. The summed E-state index contributed by atoms with van der Waals surface area (Å²) in [6.45, 7) is 6.05. The number of ether oxygens (including phenoxy) is 1. The van der Waals surface area contributed by atoms with Gasteiger partial charge >= 0.3 is 11.9 Å². The molecular formula is C10H18O7. The standard InChI is InChI=1S/C10H18O7/c1-4-5-7(11)9(13,14)10(15,16)17-8(12)6(2)3/h7,11,13-16H,2,4-5H2,1,3H3. The Labute approximate surface area is 98.6 Å². The average Bonchev–Trinajstić information content (AvgIpc) is 2.16. The minimum absolute atomic E-state index is 0.125. The Morgan fingerprint density at radius 3 is 2.18 bits per heavy atom. The van der Waals surface area contributed by atoms with Crippen LogP contribution in [0.4, 0.5) is 0 Å². The third kappa shape index (κ3) is 3.76. The van der Waals surface area contributed by atoms with Crippen LogP contribution in [0.15, 0.2) is 12.2 Å². The lowest BCUT2D eigenvalue weighted by Gasteiger charge is -2.36. The Morgan fingerprint density at radius 1 is 1.35 bits per heavy atom. The number of hydrogen-bond acceptors (Lipinski definition) is 7. The maximum absolute atomic E-state index is 11.0. The molecule has 0 saturated heterocycles. The van der Waals surface area contributed by atoms with Crippen LogP contribution in [0.5, 0.6) is 0 Å². The van der Waals surface area contributed by atoms with E-state index >= 15 is 0 Å². The van der Waals surface area contributed by atoms with Crippen molar-refractivity contribution in [1.82, 2.24) is 0 Å². The number of aliphatic hydroxyl groups is 5. The van der Waals surface area contributed by atoms with E-state index in [1.54, 1.807) is 6.92 Å². The van der Waals surface area contributed by atoms with Gasteiger partial charge in [0, 0.05) is 5.57 Å². The van der Waals surface area contributed by atoms with E-state index in [0.717, 1.165) is 0 Å². The monoisotopic (exact) mass is 250 g/mol. The number of carbonyl (C=O) groups excluding carboxylic acids is 1. The summed E-state index contributed by atoms with van der Waals surface area (Å²) in [5.41, 5.74) is -0.168. The Balaban J connectivity index is 4.89. The van der Waals surface area contributed by atoms with Crippen LogP contribution in [0, 0.1) is 0 Å². The van der Waals surface area contributed by atoms with Gasteiger partial charge in [-0.05, 0) is 13.3 Å². The molecule has 7 nitrogen and oxygen atoms in total. The zero-order valence-electron chi connectivity index (χ0n) is 9.75. The molecule has 5 N–H and O–H groups in total. The second kappa shape index (κ2) is 5.56. The normalized spacial score (nSPS) is 14.3. The summed E-state index contributed by atoms with van der Waals surface area (Å²) in [6, 6.07) is 0. The molecule has 0 aliphatic rings. The van der Waals surface area contributed by atoms with Gasteiger partial charge in [0.1, 0.15) is 6.10 Å². The van der Waals surface area contributed by atoms with Crippen molar-refractivity contribution in [2.45, 2.75) is 44.6 Å². The zero-order valence-corrected chi connectivity index (χ0v) is 9.75. The molecule has 0 aliphatic carbocycles. The predicted molar refractivity (Wildman–Crippen MR) is 56.2 cm³/mol. The van der Waals surface area contributed by atoms with Crippen LogP contribution in [-0.2, 0) is 9.53 Å². The van der Waals surface area contributed by atoms with Crippen LogP contribution in [0.3, 0.4) is 0 Å². The van der Waals surface area contributed by atoms with Gasteiger partial charge in [-0.3, -0.25) is 0 Å². The Kier molecular flexibility index (Phi) is 5.24. The van der Waals surface area contributed by atoms with Gasteiger partial charge < -0.3 is 30.3 Å². The maximum Gasteiger partial charge on any atom is 0.384 e. The van der Waals surface area contributed by atoms with E-state index in [0.29, 0.717) is 6.42 Å². The SMILES string of the molecule is C=C(C)C(=O)OC(O)(O)C(O)(O)C(O)CCC. The van der Waals surface area contributed by atoms with Crippen molar-refractivity contribution >= 4 is 5.97 Å². The maximum atomic E-state index is 11.0. The van der Waals surface area contributed by atoms with Crippen LogP contribution < -0.4 is 0 Å². The average molecular weight is 250 g/mol. The minimum atomic E-state index is -3.63. The van der Waals surface area contributed by atoms with Crippen molar-refractivity contribution in [2.24, 2.45) is 0 Å². The van der Waals surface area contributed by atoms with Crippen molar-refractivity contribution in [3.63, 3.8) is 0 Å². The summed E-state index contributed by atoms with van der Waals surface area (Å²) >= 11 is 0. The molecule has 0 spiro atoms. The van der Waals surface area contributed by atoms with E-state index < -0.39 is 23.8 Å². The fourth-order valence-electron chi connectivity index (χ4n) is 0.983.